The summed E-state index contributed by atoms with van der Waals surface area (Å²) in [6.07, 6.45) is 5.29. The molecular formula is C14H23NO2S2. The summed E-state index contributed by atoms with van der Waals surface area (Å²) in [5, 5.41) is 12.6. The van der Waals surface area contributed by atoms with Crippen LogP contribution in [0.2, 0.25) is 0 Å². The number of carboxylic acids is 1. The van der Waals surface area contributed by atoms with E-state index in [-0.39, 0.29) is 4.75 Å². The minimum Gasteiger partial charge on any atom is -0.481 e. The number of carbonyl (C=O) groups is 1. The van der Waals surface area contributed by atoms with Crippen molar-refractivity contribution >= 4 is 34.3 Å². The van der Waals surface area contributed by atoms with Gasteiger partial charge >= 0.3 is 5.97 Å². The molecule has 0 spiro atoms. The van der Waals surface area contributed by atoms with Crippen LogP contribution in [-0.2, 0) is 4.79 Å². The number of thiocarbonyl (C=S) groups is 1. The van der Waals surface area contributed by atoms with Crippen molar-refractivity contribution in [1.82, 2.24) is 5.32 Å². The molecule has 0 amide bonds. The summed E-state index contributed by atoms with van der Waals surface area (Å²) in [5.41, 5.74) is 0. The van der Waals surface area contributed by atoms with Gasteiger partial charge in [-0.25, -0.2) is 0 Å². The van der Waals surface area contributed by atoms with Crippen molar-refractivity contribution in [2.24, 2.45) is 17.8 Å². The maximum atomic E-state index is 11.1. The molecule has 2 N–H and O–H groups in total. The molecular weight excluding hydrogens is 278 g/mol. The Kier molecular flexibility index (Phi) is 4.45. The average molecular weight is 301 g/mol. The van der Waals surface area contributed by atoms with E-state index < -0.39 is 11.9 Å². The minimum atomic E-state index is -0.764. The number of aliphatic carboxylic acids is 1. The Labute approximate surface area is 124 Å². The van der Waals surface area contributed by atoms with Gasteiger partial charge < -0.3 is 10.4 Å². The molecule has 0 aromatic heterocycles. The highest BCUT2D eigenvalue weighted by atomic mass is 32.2. The second-order valence-electron chi connectivity index (χ2n) is 6.48. The van der Waals surface area contributed by atoms with Gasteiger partial charge in [-0.3, -0.25) is 4.79 Å². The van der Waals surface area contributed by atoms with Gasteiger partial charge in [-0.1, -0.05) is 37.3 Å². The Hall–Kier alpha value is -0.290. The molecule has 4 atom stereocenters. The zero-order valence-corrected chi connectivity index (χ0v) is 13.4. The number of fused-ring (bicyclic) bond motifs is 2. The van der Waals surface area contributed by atoms with Crippen LogP contribution in [-0.4, -0.2) is 26.2 Å². The van der Waals surface area contributed by atoms with Crippen molar-refractivity contribution in [1.29, 1.82) is 0 Å². The molecule has 0 aliphatic heterocycles. The van der Waals surface area contributed by atoms with Gasteiger partial charge in [0.25, 0.3) is 0 Å². The maximum absolute atomic E-state index is 11.1. The standard InChI is InChI=1S/C14H23NO2S2/c1-8(12(16)17)14(2,3)19-13(18)15-11-7-9-4-5-10(11)6-9/h8-11H,4-7H2,1-3H3,(H,15,18)(H,16,17). The van der Waals surface area contributed by atoms with E-state index in [0.717, 1.165) is 16.2 Å². The molecule has 2 aliphatic carbocycles. The Morgan fingerprint density at radius 1 is 1.42 bits per heavy atom. The van der Waals surface area contributed by atoms with Crippen LogP contribution >= 0.6 is 24.0 Å². The van der Waals surface area contributed by atoms with Crippen LogP contribution in [0.3, 0.4) is 0 Å². The van der Waals surface area contributed by atoms with E-state index >= 15 is 0 Å². The van der Waals surface area contributed by atoms with Crippen LogP contribution in [0.25, 0.3) is 0 Å². The topological polar surface area (TPSA) is 49.3 Å². The van der Waals surface area contributed by atoms with E-state index in [0.29, 0.717) is 6.04 Å². The van der Waals surface area contributed by atoms with Crippen molar-refractivity contribution < 1.29 is 9.90 Å². The van der Waals surface area contributed by atoms with Gasteiger partial charge in [0.15, 0.2) is 0 Å². The van der Waals surface area contributed by atoms with Crippen molar-refractivity contribution in [3.05, 3.63) is 0 Å². The van der Waals surface area contributed by atoms with Crippen LogP contribution in [0, 0.1) is 17.8 Å². The third kappa shape index (κ3) is 3.43. The summed E-state index contributed by atoms with van der Waals surface area (Å²) >= 11 is 6.91. The van der Waals surface area contributed by atoms with Crippen LogP contribution in [0.15, 0.2) is 0 Å². The number of hydrogen-bond acceptors (Lipinski definition) is 3. The molecule has 0 radical (unpaired) electrons. The number of hydrogen-bond donors (Lipinski definition) is 2. The van der Waals surface area contributed by atoms with Crippen molar-refractivity contribution in [2.75, 3.05) is 0 Å². The van der Waals surface area contributed by atoms with Gasteiger partial charge in [0, 0.05) is 10.8 Å². The summed E-state index contributed by atoms with van der Waals surface area (Å²) in [4.78, 5) is 11.1. The monoisotopic (exact) mass is 301 g/mol. The Bertz CT molecular complexity index is 384. The zero-order chi connectivity index (χ0) is 14.2. The molecule has 4 unspecified atom stereocenters. The molecule has 0 heterocycles. The lowest BCUT2D eigenvalue weighted by Crippen LogP contribution is -2.40. The molecule has 108 valence electrons. The summed E-state index contributed by atoms with van der Waals surface area (Å²) < 4.78 is 0.378. The van der Waals surface area contributed by atoms with Gasteiger partial charge in [0.05, 0.1) is 5.92 Å². The fraction of sp³-hybridized carbons (Fsp3) is 0.857. The van der Waals surface area contributed by atoms with Crippen LogP contribution in [0.4, 0.5) is 0 Å². The molecule has 3 nitrogen and oxygen atoms in total. The van der Waals surface area contributed by atoms with Crippen LogP contribution < -0.4 is 5.32 Å². The third-order valence-electron chi connectivity index (χ3n) is 4.81. The van der Waals surface area contributed by atoms with Crippen LogP contribution in [0.5, 0.6) is 0 Å². The van der Waals surface area contributed by atoms with E-state index in [2.05, 4.69) is 5.32 Å². The van der Waals surface area contributed by atoms with Gasteiger partial charge in [0.1, 0.15) is 4.32 Å². The lowest BCUT2D eigenvalue weighted by Gasteiger charge is -2.31. The molecule has 2 rings (SSSR count). The van der Waals surface area contributed by atoms with E-state index in [9.17, 15) is 4.79 Å². The predicted octanol–water partition coefficient (Wildman–Crippen LogP) is 3.28. The number of carboxylic acid groups (broad SMARTS) is 1. The SMILES string of the molecule is CC(C(=O)O)C(C)(C)SC(=S)NC1CC2CCC1C2. The molecule has 2 fully saturated rings. The average Bonchev–Trinajstić information content (AvgIpc) is 2.88. The summed E-state index contributed by atoms with van der Waals surface area (Å²) in [6.45, 7) is 5.64. The van der Waals surface area contributed by atoms with Gasteiger partial charge in [0.2, 0.25) is 0 Å². The highest BCUT2D eigenvalue weighted by molar-refractivity contribution is 8.23. The number of rotatable bonds is 4. The fourth-order valence-electron chi connectivity index (χ4n) is 3.23. The number of nitrogens with one attached hydrogen (secondary N) is 1. The van der Waals surface area contributed by atoms with Gasteiger partial charge in [-0.05, 0) is 44.9 Å². The van der Waals surface area contributed by atoms with Gasteiger partial charge in [-0.2, -0.15) is 0 Å². The summed E-state index contributed by atoms with van der Waals surface area (Å²) in [6, 6.07) is 0.523. The highest BCUT2D eigenvalue weighted by Crippen LogP contribution is 2.45. The number of thioether (sulfide) groups is 1. The van der Waals surface area contributed by atoms with E-state index in [1.54, 1.807) is 6.92 Å². The first-order valence-electron chi connectivity index (χ1n) is 7.02. The van der Waals surface area contributed by atoms with Gasteiger partial charge in [-0.15, -0.1) is 0 Å². The van der Waals surface area contributed by atoms with Crippen molar-refractivity contribution in [3.8, 4) is 0 Å². The molecule has 0 saturated heterocycles. The van der Waals surface area contributed by atoms with Crippen molar-refractivity contribution in [2.45, 2.75) is 57.2 Å². The van der Waals surface area contributed by atoms with E-state index in [1.165, 1.54) is 37.4 Å². The van der Waals surface area contributed by atoms with Crippen molar-refractivity contribution in [3.63, 3.8) is 0 Å². The normalized spacial score (nSPS) is 31.2. The quantitative estimate of drug-likeness (QED) is 0.780. The Morgan fingerprint density at radius 3 is 2.58 bits per heavy atom. The highest BCUT2D eigenvalue weighted by Gasteiger charge is 2.40. The molecule has 0 aromatic carbocycles. The molecule has 0 aromatic rings. The van der Waals surface area contributed by atoms with E-state index in [4.69, 9.17) is 17.3 Å². The predicted molar refractivity (Wildman–Crippen MR) is 83.4 cm³/mol. The minimum absolute atomic E-state index is 0.381. The zero-order valence-electron chi connectivity index (χ0n) is 11.8. The molecule has 5 heteroatoms. The lowest BCUT2D eigenvalue weighted by atomic mass is 9.96. The van der Waals surface area contributed by atoms with Crippen LogP contribution in [0.1, 0.15) is 46.5 Å². The summed E-state index contributed by atoms with van der Waals surface area (Å²) in [7, 11) is 0. The second kappa shape index (κ2) is 5.60. The maximum Gasteiger partial charge on any atom is 0.307 e. The lowest BCUT2D eigenvalue weighted by molar-refractivity contribution is -0.141. The Morgan fingerprint density at radius 2 is 2.11 bits per heavy atom. The first kappa shape index (κ1) is 15.1. The smallest absolute Gasteiger partial charge is 0.307 e. The second-order valence-corrected chi connectivity index (χ2v) is 8.81. The third-order valence-corrected chi connectivity index (χ3v) is 6.36. The molecule has 19 heavy (non-hydrogen) atoms. The first-order chi connectivity index (χ1) is 8.79. The first-order valence-corrected chi connectivity index (χ1v) is 8.24. The Balaban J connectivity index is 1.85. The summed E-state index contributed by atoms with van der Waals surface area (Å²) in [5.74, 6) is 0.488. The molecule has 2 bridgehead atoms. The largest absolute Gasteiger partial charge is 0.481 e. The van der Waals surface area contributed by atoms with E-state index in [1.807, 2.05) is 13.8 Å². The molecule has 2 saturated carbocycles. The fourth-order valence-corrected chi connectivity index (χ4v) is 4.99. The molecule has 2 aliphatic rings.